The van der Waals surface area contributed by atoms with Gasteiger partial charge in [-0.15, -0.1) is 0 Å². The quantitative estimate of drug-likeness (QED) is 0.562. The minimum absolute atomic E-state index is 0.104. The summed E-state index contributed by atoms with van der Waals surface area (Å²) in [6.07, 6.45) is 2.34. The maximum Gasteiger partial charge on any atom is 0.0952 e. The Kier molecular flexibility index (Phi) is 5.53. The molecule has 1 rings (SSSR count). The van der Waals surface area contributed by atoms with Crippen LogP contribution in [0.25, 0.3) is 0 Å². The number of hydrogen-bond acceptors (Lipinski definition) is 2. The summed E-state index contributed by atoms with van der Waals surface area (Å²) in [7, 11) is 0. The monoisotopic (exact) mass is 233 g/mol. The Morgan fingerprint density at radius 2 is 2.00 bits per heavy atom. The van der Waals surface area contributed by atoms with E-state index in [0.717, 1.165) is 13.1 Å². The van der Waals surface area contributed by atoms with Gasteiger partial charge >= 0.3 is 0 Å². The second kappa shape index (κ2) is 6.94. The molecular formula is C14H23N3. The first-order chi connectivity index (χ1) is 8.15. The third-order valence-electron chi connectivity index (χ3n) is 2.93. The van der Waals surface area contributed by atoms with Crippen LogP contribution in [0.5, 0.6) is 0 Å². The summed E-state index contributed by atoms with van der Waals surface area (Å²) in [6.45, 7) is 6.04. The molecule has 3 N–H and O–H groups in total. The Morgan fingerprint density at radius 1 is 1.35 bits per heavy atom. The Bertz CT molecular complexity index is 335. The van der Waals surface area contributed by atoms with E-state index in [1.54, 1.807) is 0 Å². The van der Waals surface area contributed by atoms with Crippen LogP contribution < -0.4 is 10.6 Å². The van der Waals surface area contributed by atoms with Gasteiger partial charge in [0.2, 0.25) is 0 Å². The van der Waals surface area contributed by atoms with Gasteiger partial charge in [0.05, 0.1) is 5.84 Å². The molecule has 3 heteroatoms. The smallest absolute Gasteiger partial charge is 0.0952 e. The van der Waals surface area contributed by atoms with Crippen molar-refractivity contribution in [3.8, 4) is 0 Å². The molecular weight excluding hydrogens is 210 g/mol. The molecule has 1 unspecified atom stereocenters. The number of benzene rings is 1. The lowest BCUT2D eigenvalue weighted by atomic mass is 10.1. The van der Waals surface area contributed by atoms with Crippen molar-refractivity contribution >= 4 is 11.5 Å². The number of para-hydroxylation sites is 1. The third-order valence-corrected chi connectivity index (χ3v) is 2.93. The standard InChI is InChI=1S/C14H23N3/c1-3-4-10-17(11-12(2)14(15)16)13-8-6-5-7-9-13/h5-9,12H,3-4,10-11H2,1-2H3,(H3,15,16). The normalized spacial score (nSPS) is 12.1. The lowest BCUT2D eigenvalue weighted by Gasteiger charge is -2.27. The Hall–Kier alpha value is -1.51. The lowest BCUT2D eigenvalue weighted by Crippen LogP contribution is -2.35. The van der Waals surface area contributed by atoms with Gasteiger partial charge in [0.25, 0.3) is 0 Å². The zero-order valence-electron chi connectivity index (χ0n) is 10.8. The molecule has 0 aliphatic rings. The van der Waals surface area contributed by atoms with Gasteiger partial charge in [0.1, 0.15) is 0 Å². The van der Waals surface area contributed by atoms with Gasteiger partial charge in [-0.3, -0.25) is 5.41 Å². The van der Waals surface area contributed by atoms with Crippen LogP contribution in [0.15, 0.2) is 30.3 Å². The first-order valence-corrected chi connectivity index (χ1v) is 6.29. The lowest BCUT2D eigenvalue weighted by molar-refractivity contribution is 0.654. The number of hydrogen-bond donors (Lipinski definition) is 2. The highest BCUT2D eigenvalue weighted by molar-refractivity contribution is 5.79. The van der Waals surface area contributed by atoms with Crippen molar-refractivity contribution in [2.24, 2.45) is 11.7 Å². The Morgan fingerprint density at radius 3 is 2.53 bits per heavy atom. The van der Waals surface area contributed by atoms with Crippen LogP contribution >= 0.6 is 0 Å². The van der Waals surface area contributed by atoms with Gasteiger partial charge in [-0.05, 0) is 18.6 Å². The maximum atomic E-state index is 7.48. The van der Waals surface area contributed by atoms with Gasteiger partial charge in [0.15, 0.2) is 0 Å². The van der Waals surface area contributed by atoms with Crippen LogP contribution in [0, 0.1) is 11.3 Å². The maximum absolute atomic E-state index is 7.48. The van der Waals surface area contributed by atoms with E-state index in [1.807, 2.05) is 25.1 Å². The second-order valence-electron chi connectivity index (χ2n) is 4.49. The highest BCUT2D eigenvalue weighted by atomic mass is 15.1. The number of nitrogens with one attached hydrogen (secondary N) is 1. The largest absolute Gasteiger partial charge is 0.387 e. The SMILES string of the molecule is CCCCN(CC(C)C(=N)N)c1ccccc1. The molecule has 0 amide bonds. The topological polar surface area (TPSA) is 53.1 Å². The molecule has 0 aliphatic heterocycles. The average Bonchev–Trinajstić information content (AvgIpc) is 2.35. The van der Waals surface area contributed by atoms with Gasteiger partial charge in [-0.25, -0.2) is 0 Å². The molecule has 0 aromatic heterocycles. The fourth-order valence-corrected chi connectivity index (χ4v) is 1.74. The van der Waals surface area contributed by atoms with Crippen molar-refractivity contribution in [3.63, 3.8) is 0 Å². The van der Waals surface area contributed by atoms with Crippen LogP contribution in [-0.2, 0) is 0 Å². The van der Waals surface area contributed by atoms with Crippen molar-refractivity contribution < 1.29 is 0 Å². The van der Waals surface area contributed by atoms with E-state index in [2.05, 4.69) is 24.0 Å². The molecule has 0 saturated heterocycles. The Balaban J connectivity index is 2.70. The van der Waals surface area contributed by atoms with Gasteiger partial charge < -0.3 is 10.6 Å². The van der Waals surface area contributed by atoms with Crippen LogP contribution in [-0.4, -0.2) is 18.9 Å². The van der Waals surface area contributed by atoms with E-state index in [9.17, 15) is 0 Å². The molecule has 0 fully saturated rings. The van der Waals surface area contributed by atoms with Crippen molar-refractivity contribution in [1.29, 1.82) is 5.41 Å². The van der Waals surface area contributed by atoms with Crippen LogP contribution in [0.3, 0.4) is 0 Å². The fraction of sp³-hybridized carbons (Fsp3) is 0.500. The van der Waals surface area contributed by atoms with Crippen molar-refractivity contribution in [2.45, 2.75) is 26.7 Å². The predicted molar refractivity (Wildman–Crippen MR) is 74.6 cm³/mol. The molecule has 0 aliphatic carbocycles. The van der Waals surface area contributed by atoms with E-state index in [-0.39, 0.29) is 11.8 Å². The number of rotatable bonds is 7. The number of anilines is 1. The number of nitrogens with zero attached hydrogens (tertiary/aromatic N) is 1. The molecule has 1 aromatic rings. The van der Waals surface area contributed by atoms with E-state index < -0.39 is 0 Å². The zero-order chi connectivity index (χ0) is 12.7. The van der Waals surface area contributed by atoms with Gasteiger partial charge in [-0.1, -0.05) is 38.5 Å². The Labute approximate surface area is 104 Å². The van der Waals surface area contributed by atoms with Crippen LogP contribution in [0.1, 0.15) is 26.7 Å². The molecule has 17 heavy (non-hydrogen) atoms. The first-order valence-electron chi connectivity index (χ1n) is 6.29. The number of amidine groups is 1. The molecule has 3 nitrogen and oxygen atoms in total. The van der Waals surface area contributed by atoms with E-state index >= 15 is 0 Å². The minimum atomic E-state index is 0.104. The van der Waals surface area contributed by atoms with E-state index in [1.165, 1.54) is 18.5 Å². The van der Waals surface area contributed by atoms with Crippen LogP contribution in [0.4, 0.5) is 5.69 Å². The summed E-state index contributed by atoms with van der Waals surface area (Å²) in [5.74, 6) is 0.370. The predicted octanol–water partition coefficient (Wildman–Crippen LogP) is 2.87. The van der Waals surface area contributed by atoms with E-state index in [0.29, 0.717) is 0 Å². The zero-order valence-corrected chi connectivity index (χ0v) is 10.8. The summed E-state index contributed by atoms with van der Waals surface area (Å²) >= 11 is 0. The minimum Gasteiger partial charge on any atom is -0.387 e. The molecule has 94 valence electrons. The second-order valence-corrected chi connectivity index (χ2v) is 4.49. The molecule has 0 bridgehead atoms. The summed E-state index contributed by atoms with van der Waals surface area (Å²) in [6, 6.07) is 10.3. The number of nitrogens with two attached hydrogens (primary N) is 1. The molecule has 0 radical (unpaired) electrons. The molecule has 0 spiro atoms. The molecule has 1 atom stereocenters. The van der Waals surface area contributed by atoms with Crippen molar-refractivity contribution in [3.05, 3.63) is 30.3 Å². The van der Waals surface area contributed by atoms with Crippen LogP contribution in [0.2, 0.25) is 0 Å². The fourth-order valence-electron chi connectivity index (χ4n) is 1.74. The molecule has 0 saturated carbocycles. The van der Waals surface area contributed by atoms with Gasteiger partial charge in [-0.2, -0.15) is 0 Å². The summed E-state index contributed by atoms with van der Waals surface area (Å²) in [4.78, 5) is 2.32. The molecule has 0 heterocycles. The summed E-state index contributed by atoms with van der Waals surface area (Å²) in [5, 5.41) is 7.48. The highest BCUT2D eigenvalue weighted by Crippen LogP contribution is 2.16. The van der Waals surface area contributed by atoms with Crippen molar-refractivity contribution in [2.75, 3.05) is 18.0 Å². The van der Waals surface area contributed by atoms with Crippen molar-refractivity contribution in [1.82, 2.24) is 0 Å². The average molecular weight is 233 g/mol. The molecule has 1 aromatic carbocycles. The summed E-state index contributed by atoms with van der Waals surface area (Å²) in [5.41, 5.74) is 6.76. The van der Waals surface area contributed by atoms with Gasteiger partial charge in [0, 0.05) is 24.7 Å². The van der Waals surface area contributed by atoms with E-state index in [4.69, 9.17) is 11.1 Å². The highest BCUT2D eigenvalue weighted by Gasteiger charge is 2.12. The first kappa shape index (κ1) is 13.6. The summed E-state index contributed by atoms with van der Waals surface area (Å²) < 4.78 is 0. The number of unbranched alkanes of at least 4 members (excludes halogenated alkanes) is 1. The third kappa shape index (κ3) is 4.47.